The summed E-state index contributed by atoms with van der Waals surface area (Å²) in [6.07, 6.45) is 39.8. The van der Waals surface area contributed by atoms with Gasteiger partial charge >= 0.3 is 11.9 Å². The molecule has 0 aliphatic carbocycles. The van der Waals surface area contributed by atoms with E-state index in [2.05, 4.69) is 56.4 Å². The third-order valence-electron chi connectivity index (χ3n) is 10.7. The molecule has 2 unspecified atom stereocenters. The minimum atomic E-state index is -1.61. The van der Waals surface area contributed by atoms with E-state index in [-0.39, 0.29) is 26.1 Å². The summed E-state index contributed by atoms with van der Waals surface area (Å²) in [5.74, 6) is -0.872. The Morgan fingerprint density at radius 2 is 0.966 bits per heavy atom. The van der Waals surface area contributed by atoms with E-state index in [0.29, 0.717) is 19.3 Å². The van der Waals surface area contributed by atoms with E-state index in [1.165, 1.54) is 103 Å². The zero-order valence-electron chi connectivity index (χ0n) is 37.2. The molecule has 1 rings (SSSR count). The van der Waals surface area contributed by atoms with Crippen molar-refractivity contribution in [1.82, 2.24) is 0 Å². The van der Waals surface area contributed by atoms with Gasteiger partial charge in [0.15, 0.2) is 12.4 Å². The Bertz CT molecular complexity index is 1100. The van der Waals surface area contributed by atoms with Crippen LogP contribution in [-0.4, -0.2) is 89.0 Å². The molecule has 1 heterocycles. The second kappa shape index (κ2) is 39.8. The van der Waals surface area contributed by atoms with Crippen LogP contribution in [0.3, 0.4) is 0 Å². The number of esters is 2. The maximum Gasteiger partial charge on any atom is 0.306 e. The molecule has 0 saturated carbocycles. The molecule has 0 aromatic heterocycles. The highest BCUT2D eigenvalue weighted by Crippen LogP contribution is 2.22. The van der Waals surface area contributed by atoms with Crippen molar-refractivity contribution in [3.05, 3.63) is 48.6 Å². The number of ether oxygens (including phenoxy) is 4. The Balaban J connectivity index is 2.35. The van der Waals surface area contributed by atoms with Crippen LogP contribution in [0, 0.1) is 0 Å². The summed E-state index contributed by atoms with van der Waals surface area (Å²) < 4.78 is 22.1. The number of carbonyl (C=O) groups is 2. The molecule has 0 bridgehead atoms. The van der Waals surface area contributed by atoms with Crippen molar-refractivity contribution < 1.29 is 49.0 Å². The predicted octanol–water partition coefficient (Wildman–Crippen LogP) is 10.4. The van der Waals surface area contributed by atoms with E-state index in [1.54, 1.807) is 0 Å². The number of rotatable bonds is 39. The first-order valence-corrected chi connectivity index (χ1v) is 23.7. The van der Waals surface area contributed by atoms with Gasteiger partial charge in [-0.2, -0.15) is 0 Å². The van der Waals surface area contributed by atoms with Gasteiger partial charge in [0, 0.05) is 12.8 Å². The van der Waals surface area contributed by atoms with E-state index in [4.69, 9.17) is 18.9 Å². The number of carbonyl (C=O) groups excluding carboxylic acids is 2. The second-order valence-corrected chi connectivity index (χ2v) is 16.2. The van der Waals surface area contributed by atoms with Crippen molar-refractivity contribution in [2.24, 2.45) is 0 Å². The molecule has 1 aliphatic rings. The van der Waals surface area contributed by atoms with E-state index in [9.17, 15) is 30.0 Å². The lowest BCUT2D eigenvalue weighted by Gasteiger charge is -2.39. The number of hydrogen-bond acceptors (Lipinski definition) is 10. The molecule has 10 heteroatoms. The minimum absolute atomic E-state index is 0.157. The standard InChI is InChI=1S/C49H86O10/c1-3-5-7-9-11-13-15-17-19-21-23-25-27-29-31-33-35-37-44(51)56-40-42(41-57-49-48(55)47(54)46(53)43(39-50)59-49)58-45(52)38-36-34-32-30-28-26-24-22-20-18-16-14-12-10-8-6-4-2/h17-20,24,26,30,32,42-43,46-50,53-55H,3-16,21-23,25,27-29,31,33-41H2,1-2H3/b19-17+,20-18+,26-24+,32-30+/t42-,43-,46+,47?,48?,49-/m0/s1. The smallest absolute Gasteiger partial charge is 0.306 e. The molecule has 342 valence electrons. The van der Waals surface area contributed by atoms with Crippen molar-refractivity contribution >= 4 is 11.9 Å². The number of aliphatic hydroxyl groups excluding tert-OH is 4. The topological polar surface area (TPSA) is 152 Å². The lowest BCUT2D eigenvalue weighted by Crippen LogP contribution is -2.59. The van der Waals surface area contributed by atoms with Gasteiger partial charge in [-0.05, 0) is 70.6 Å². The van der Waals surface area contributed by atoms with Crippen LogP contribution in [-0.2, 0) is 28.5 Å². The zero-order valence-corrected chi connectivity index (χ0v) is 37.2. The van der Waals surface area contributed by atoms with Crippen molar-refractivity contribution in [2.45, 2.75) is 230 Å². The van der Waals surface area contributed by atoms with Crippen LogP contribution in [0.4, 0.5) is 0 Å². The molecule has 10 nitrogen and oxygen atoms in total. The highest BCUT2D eigenvalue weighted by Gasteiger charge is 2.44. The third kappa shape index (κ3) is 31.2. The lowest BCUT2D eigenvalue weighted by molar-refractivity contribution is -0.305. The highest BCUT2D eigenvalue weighted by molar-refractivity contribution is 5.70. The SMILES string of the molecule is CCCCCCCC/C=C/C/C=C/C/C=C/CCCC(=O)O[C@@H](COC(=O)CCCCCCCCC/C=C/CCCCCCCC)CO[C@H]1O[C@@H](CO)[C@@H](O)C(O)C1O. The minimum Gasteiger partial charge on any atom is -0.462 e. The molecule has 1 fully saturated rings. The summed E-state index contributed by atoms with van der Waals surface area (Å²) in [4.78, 5) is 25.3. The van der Waals surface area contributed by atoms with E-state index >= 15 is 0 Å². The van der Waals surface area contributed by atoms with E-state index < -0.39 is 55.4 Å². The van der Waals surface area contributed by atoms with Crippen LogP contribution in [0.1, 0.15) is 194 Å². The average molecular weight is 835 g/mol. The van der Waals surface area contributed by atoms with Crippen molar-refractivity contribution in [3.8, 4) is 0 Å². The van der Waals surface area contributed by atoms with Gasteiger partial charge in [-0.15, -0.1) is 0 Å². The third-order valence-corrected chi connectivity index (χ3v) is 10.7. The Hall–Kier alpha value is -2.34. The molecule has 6 atom stereocenters. The van der Waals surface area contributed by atoms with Gasteiger partial charge in [0.05, 0.1) is 13.2 Å². The van der Waals surface area contributed by atoms with Crippen LogP contribution < -0.4 is 0 Å². The normalized spacial score (nSPS) is 20.4. The first kappa shape index (κ1) is 54.7. The molecule has 0 aromatic rings. The molecule has 0 aromatic carbocycles. The fraction of sp³-hybridized carbons (Fsp3) is 0.796. The Kier molecular flexibility index (Phi) is 36.9. The van der Waals surface area contributed by atoms with Gasteiger partial charge in [-0.3, -0.25) is 9.59 Å². The zero-order chi connectivity index (χ0) is 43.0. The van der Waals surface area contributed by atoms with Gasteiger partial charge in [0.25, 0.3) is 0 Å². The Labute approximate surface area is 358 Å². The Morgan fingerprint density at radius 3 is 1.49 bits per heavy atom. The maximum atomic E-state index is 12.8. The van der Waals surface area contributed by atoms with Gasteiger partial charge in [0.2, 0.25) is 0 Å². The number of allylic oxidation sites excluding steroid dienone is 8. The van der Waals surface area contributed by atoms with Gasteiger partial charge < -0.3 is 39.4 Å². The van der Waals surface area contributed by atoms with Gasteiger partial charge in [-0.1, -0.05) is 159 Å². The van der Waals surface area contributed by atoms with E-state index in [0.717, 1.165) is 44.9 Å². The second-order valence-electron chi connectivity index (χ2n) is 16.2. The van der Waals surface area contributed by atoms with Crippen LogP contribution in [0.2, 0.25) is 0 Å². The molecular weight excluding hydrogens is 749 g/mol. The number of hydrogen-bond donors (Lipinski definition) is 4. The molecule has 0 radical (unpaired) electrons. The molecule has 4 N–H and O–H groups in total. The van der Waals surface area contributed by atoms with Crippen LogP contribution in [0.25, 0.3) is 0 Å². The summed E-state index contributed by atoms with van der Waals surface area (Å²) in [6.45, 7) is 3.36. The Morgan fingerprint density at radius 1 is 0.525 bits per heavy atom. The number of unbranched alkanes of at least 4 members (excludes halogenated alkanes) is 20. The monoisotopic (exact) mass is 835 g/mol. The van der Waals surface area contributed by atoms with Gasteiger partial charge in [-0.25, -0.2) is 0 Å². The number of aliphatic hydroxyl groups is 4. The highest BCUT2D eigenvalue weighted by atomic mass is 16.7. The fourth-order valence-electron chi connectivity index (χ4n) is 6.90. The first-order valence-electron chi connectivity index (χ1n) is 23.7. The quantitative estimate of drug-likeness (QED) is 0.0267. The van der Waals surface area contributed by atoms with Crippen molar-refractivity contribution in [3.63, 3.8) is 0 Å². The fourth-order valence-corrected chi connectivity index (χ4v) is 6.90. The summed E-state index contributed by atoms with van der Waals surface area (Å²) >= 11 is 0. The summed E-state index contributed by atoms with van der Waals surface area (Å²) in [6, 6.07) is 0. The molecule has 1 aliphatic heterocycles. The van der Waals surface area contributed by atoms with E-state index in [1.807, 2.05) is 6.08 Å². The molecular formula is C49H86O10. The molecule has 1 saturated heterocycles. The van der Waals surface area contributed by atoms with Crippen molar-refractivity contribution in [2.75, 3.05) is 19.8 Å². The van der Waals surface area contributed by atoms with Crippen LogP contribution in [0.15, 0.2) is 48.6 Å². The maximum absolute atomic E-state index is 12.8. The summed E-state index contributed by atoms with van der Waals surface area (Å²) in [5.41, 5.74) is 0. The first-order chi connectivity index (χ1) is 28.8. The largest absolute Gasteiger partial charge is 0.462 e. The van der Waals surface area contributed by atoms with Crippen LogP contribution >= 0.6 is 0 Å². The molecule has 59 heavy (non-hydrogen) atoms. The lowest BCUT2D eigenvalue weighted by atomic mass is 9.99. The summed E-state index contributed by atoms with van der Waals surface area (Å²) in [7, 11) is 0. The average Bonchev–Trinajstić information content (AvgIpc) is 3.23. The summed E-state index contributed by atoms with van der Waals surface area (Å²) in [5, 5.41) is 40.1. The molecule has 0 amide bonds. The predicted molar refractivity (Wildman–Crippen MR) is 238 cm³/mol. The van der Waals surface area contributed by atoms with Crippen LogP contribution in [0.5, 0.6) is 0 Å². The van der Waals surface area contributed by atoms with Gasteiger partial charge in [0.1, 0.15) is 31.0 Å². The molecule has 0 spiro atoms. The van der Waals surface area contributed by atoms with Crippen molar-refractivity contribution in [1.29, 1.82) is 0 Å².